The second kappa shape index (κ2) is 5.15. The molecule has 2 aliphatic carbocycles. The van der Waals surface area contributed by atoms with Gasteiger partial charge in [0.05, 0.1) is 17.6 Å². The Morgan fingerprint density at radius 2 is 2.10 bits per heavy atom. The molecule has 1 N–H and O–H groups in total. The molecule has 0 aliphatic heterocycles. The van der Waals surface area contributed by atoms with Gasteiger partial charge in [0.15, 0.2) is 0 Å². The Morgan fingerprint density at radius 1 is 1.29 bits per heavy atom. The van der Waals surface area contributed by atoms with Gasteiger partial charge in [-0.15, -0.1) is 0 Å². The fourth-order valence-electron chi connectivity index (χ4n) is 2.78. The fraction of sp³-hybridized carbons (Fsp3) is 0.471. The predicted molar refractivity (Wildman–Crippen MR) is 85.1 cm³/mol. The van der Waals surface area contributed by atoms with Gasteiger partial charge in [-0.1, -0.05) is 17.7 Å². The lowest BCUT2D eigenvalue weighted by atomic mass is 10.1. The van der Waals surface area contributed by atoms with E-state index >= 15 is 0 Å². The normalized spacial score (nSPS) is 18.2. The van der Waals surface area contributed by atoms with Crippen LogP contribution in [0.25, 0.3) is 5.69 Å². The molecule has 2 aliphatic rings. The molecule has 2 saturated carbocycles. The van der Waals surface area contributed by atoms with Crippen LogP contribution >= 0.6 is 11.6 Å². The molecule has 0 unspecified atom stereocenters. The monoisotopic (exact) mass is 301 g/mol. The van der Waals surface area contributed by atoms with Crippen molar-refractivity contribution in [2.24, 2.45) is 0 Å². The van der Waals surface area contributed by atoms with Crippen LogP contribution in [0.2, 0.25) is 5.02 Å². The van der Waals surface area contributed by atoms with E-state index in [1.165, 1.54) is 36.9 Å². The number of hydrogen-bond donors (Lipinski definition) is 1. The minimum Gasteiger partial charge on any atom is -0.310 e. The molecule has 1 aromatic heterocycles. The summed E-state index contributed by atoms with van der Waals surface area (Å²) >= 11 is 6.28. The zero-order chi connectivity index (χ0) is 14.4. The molecule has 2 aromatic rings. The minimum atomic E-state index is 0.670. The average molecular weight is 302 g/mol. The number of aryl methyl sites for hydroxylation is 1. The summed E-state index contributed by atoms with van der Waals surface area (Å²) in [6.45, 7) is 2.97. The number of rotatable bonds is 5. The third-order valence-corrected chi connectivity index (χ3v) is 4.82. The Hall–Kier alpha value is -1.32. The first-order chi connectivity index (χ1) is 10.2. The van der Waals surface area contributed by atoms with Crippen LogP contribution in [0, 0.1) is 6.92 Å². The van der Waals surface area contributed by atoms with Crippen LogP contribution in [0.1, 0.15) is 48.4 Å². The summed E-state index contributed by atoms with van der Waals surface area (Å²) in [5.74, 6) is 0.670. The summed E-state index contributed by atoms with van der Waals surface area (Å²) in [5.41, 5.74) is 4.91. The van der Waals surface area contributed by atoms with Gasteiger partial charge in [-0.3, -0.25) is 0 Å². The van der Waals surface area contributed by atoms with Crippen LogP contribution in [-0.2, 0) is 6.54 Å². The van der Waals surface area contributed by atoms with E-state index in [0.29, 0.717) is 5.92 Å². The molecular weight excluding hydrogens is 282 g/mol. The van der Waals surface area contributed by atoms with Gasteiger partial charge in [0.1, 0.15) is 0 Å². The Bertz CT molecular complexity index is 669. The summed E-state index contributed by atoms with van der Waals surface area (Å²) in [5, 5.41) is 9.04. The molecule has 1 aromatic carbocycles. The number of hydrogen-bond acceptors (Lipinski definition) is 2. The summed E-state index contributed by atoms with van der Waals surface area (Å²) in [6, 6.07) is 6.93. The maximum absolute atomic E-state index is 6.28. The number of benzene rings is 1. The molecule has 0 atom stereocenters. The molecule has 3 nitrogen and oxygen atoms in total. The molecule has 0 radical (unpaired) electrons. The summed E-state index contributed by atoms with van der Waals surface area (Å²) in [7, 11) is 0. The van der Waals surface area contributed by atoms with Crippen LogP contribution in [0.15, 0.2) is 24.4 Å². The van der Waals surface area contributed by atoms with Gasteiger partial charge in [0.25, 0.3) is 0 Å². The van der Waals surface area contributed by atoms with Crippen molar-refractivity contribution in [2.45, 2.75) is 51.1 Å². The fourth-order valence-corrected chi connectivity index (χ4v) is 2.96. The standard InChI is InChI=1S/C17H20ClN3/c1-11-2-7-15(8-16(11)18)21-17(12-3-4-12)13(10-20-21)9-19-14-5-6-14/h2,7-8,10,12,14,19H,3-6,9H2,1H3. The Morgan fingerprint density at radius 3 is 2.76 bits per heavy atom. The number of halogens is 1. The summed E-state index contributed by atoms with van der Waals surface area (Å²) < 4.78 is 2.09. The highest BCUT2D eigenvalue weighted by Gasteiger charge is 2.31. The van der Waals surface area contributed by atoms with Gasteiger partial charge in [-0.2, -0.15) is 5.10 Å². The lowest BCUT2D eigenvalue weighted by molar-refractivity contribution is 0.679. The third-order valence-electron chi connectivity index (χ3n) is 4.41. The largest absolute Gasteiger partial charge is 0.310 e. The topological polar surface area (TPSA) is 29.9 Å². The molecule has 4 rings (SSSR count). The van der Waals surface area contributed by atoms with Crippen molar-refractivity contribution >= 4 is 11.6 Å². The maximum Gasteiger partial charge on any atom is 0.0664 e. The van der Waals surface area contributed by atoms with E-state index in [4.69, 9.17) is 11.6 Å². The van der Waals surface area contributed by atoms with Crippen molar-refractivity contribution in [2.75, 3.05) is 0 Å². The molecule has 1 heterocycles. The lowest BCUT2D eigenvalue weighted by Gasteiger charge is -2.10. The minimum absolute atomic E-state index is 0.670. The van der Waals surface area contributed by atoms with E-state index in [2.05, 4.69) is 27.2 Å². The van der Waals surface area contributed by atoms with Crippen LogP contribution in [0.5, 0.6) is 0 Å². The van der Waals surface area contributed by atoms with Crippen molar-refractivity contribution < 1.29 is 0 Å². The van der Waals surface area contributed by atoms with Gasteiger partial charge in [-0.05, 0) is 50.3 Å². The van der Waals surface area contributed by atoms with E-state index in [0.717, 1.165) is 28.9 Å². The van der Waals surface area contributed by atoms with Gasteiger partial charge < -0.3 is 5.32 Å². The van der Waals surface area contributed by atoms with Crippen LogP contribution < -0.4 is 5.32 Å². The van der Waals surface area contributed by atoms with Gasteiger partial charge in [0.2, 0.25) is 0 Å². The highest BCUT2D eigenvalue weighted by atomic mass is 35.5. The predicted octanol–water partition coefficient (Wildman–Crippen LogP) is 3.96. The third kappa shape index (κ3) is 2.72. The van der Waals surface area contributed by atoms with Crippen LogP contribution in [0.3, 0.4) is 0 Å². The average Bonchev–Trinajstić information content (AvgIpc) is 3.39. The lowest BCUT2D eigenvalue weighted by Crippen LogP contribution is -2.16. The number of aromatic nitrogens is 2. The molecule has 0 amide bonds. The molecule has 0 bridgehead atoms. The SMILES string of the molecule is Cc1ccc(-n2ncc(CNC3CC3)c2C2CC2)cc1Cl. The van der Waals surface area contributed by atoms with Crippen LogP contribution in [-0.4, -0.2) is 15.8 Å². The Balaban J connectivity index is 1.68. The molecule has 21 heavy (non-hydrogen) atoms. The smallest absolute Gasteiger partial charge is 0.0664 e. The van der Waals surface area contributed by atoms with Gasteiger partial charge >= 0.3 is 0 Å². The first-order valence-corrected chi connectivity index (χ1v) is 8.17. The number of nitrogens with one attached hydrogen (secondary N) is 1. The number of nitrogens with zero attached hydrogens (tertiary/aromatic N) is 2. The first kappa shape index (κ1) is 13.4. The van der Waals surface area contributed by atoms with Crippen molar-refractivity contribution in [1.29, 1.82) is 0 Å². The van der Waals surface area contributed by atoms with E-state index in [1.54, 1.807) is 0 Å². The first-order valence-electron chi connectivity index (χ1n) is 7.79. The van der Waals surface area contributed by atoms with Crippen molar-refractivity contribution in [3.8, 4) is 5.69 Å². The van der Waals surface area contributed by atoms with Gasteiger partial charge in [-0.25, -0.2) is 4.68 Å². The second-order valence-corrected chi connectivity index (χ2v) is 6.74. The summed E-state index contributed by atoms with van der Waals surface area (Å²) in [6.07, 6.45) is 7.22. The zero-order valence-electron chi connectivity index (χ0n) is 12.3. The quantitative estimate of drug-likeness (QED) is 0.906. The molecule has 0 spiro atoms. The Labute approximate surface area is 130 Å². The maximum atomic E-state index is 6.28. The van der Waals surface area contributed by atoms with Crippen molar-refractivity contribution in [1.82, 2.24) is 15.1 Å². The van der Waals surface area contributed by atoms with Crippen LogP contribution in [0.4, 0.5) is 0 Å². The highest BCUT2D eigenvalue weighted by Crippen LogP contribution is 2.42. The summed E-state index contributed by atoms with van der Waals surface area (Å²) in [4.78, 5) is 0. The van der Waals surface area contributed by atoms with E-state index in [-0.39, 0.29) is 0 Å². The second-order valence-electron chi connectivity index (χ2n) is 6.33. The van der Waals surface area contributed by atoms with E-state index < -0.39 is 0 Å². The zero-order valence-corrected chi connectivity index (χ0v) is 13.0. The highest BCUT2D eigenvalue weighted by molar-refractivity contribution is 6.31. The molecule has 0 saturated heterocycles. The van der Waals surface area contributed by atoms with E-state index in [1.807, 2.05) is 19.2 Å². The molecular formula is C17H20ClN3. The van der Waals surface area contributed by atoms with Gasteiger partial charge in [0, 0.05) is 29.1 Å². The van der Waals surface area contributed by atoms with Crippen molar-refractivity contribution in [3.05, 3.63) is 46.2 Å². The van der Waals surface area contributed by atoms with E-state index in [9.17, 15) is 0 Å². The van der Waals surface area contributed by atoms with Crippen molar-refractivity contribution in [3.63, 3.8) is 0 Å². The Kier molecular flexibility index (Phi) is 3.27. The molecule has 110 valence electrons. The molecule has 4 heteroatoms. The molecule has 2 fully saturated rings.